The Kier molecular flexibility index (Phi) is 6.44. The molecule has 0 aliphatic carbocycles. The molecule has 5 nitrogen and oxygen atoms in total. The maximum Gasteiger partial charge on any atom is 0.251 e. The van der Waals surface area contributed by atoms with Crippen LogP contribution in [0.3, 0.4) is 0 Å². The molecule has 0 unspecified atom stereocenters. The number of rotatable bonds is 7. The van der Waals surface area contributed by atoms with E-state index in [1.165, 1.54) is 55.6 Å². The predicted molar refractivity (Wildman–Crippen MR) is 94.5 cm³/mol. The Labute approximate surface area is 151 Å². The molecule has 1 amide bonds. The highest BCUT2D eigenvalue weighted by Gasteiger charge is 2.27. The fourth-order valence-corrected chi connectivity index (χ4v) is 3.78. The summed E-state index contributed by atoms with van der Waals surface area (Å²) in [6, 6.07) is 10.6. The van der Waals surface area contributed by atoms with Gasteiger partial charge in [-0.15, -0.1) is 0 Å². The number of nitrogens with one attached hydrogen (secondary N) is 1. The third-order valence-corrected chi connectivity index (χ3v) is 5.98. The Morgan fingerprint density at radius 2 is 1.85 bits per heavy atom. The van der Waals surface area contributed by atoms with Crippen molar-refractivity contribution in [1.82, 2.24) is 9.62 Å². The zero-order valence-electron chi connectivity index (χ0n) is 14.4. The lowest BCUT2D eigenvalue weighted by Gasteiger charge is -2.25. The van der Waals surface area contributed by atoms with E-state index < -0.39 is 34.5 Å². The van der Waals surface area contributed by atoms with Gasteiger partial charge in [0.05, 0.1) is 4.90 Å². The van der Waals surface area contributed by atoms with Gasteiger partial charge >= 0.3 is 0 Å². The van der Waals surface area contributed by atoms with Gasteiger partial charge < -0.3 is 5.32 Å². The molecule has 26 heavy (non-hydrogen) atoms. The minimum Gasteiger partial charge on any atom is -0.349 e. The van der Waals surface area contributed by atoms with Crippen LogP contribution in [0.5, 0.6) is 0 Å². The molecular weight excluding hydrogens is 362 g/mol. The fourth-order valence-electron chi connectivity index (χ4n) is 2.39. The van der Waals surface area contributed by atoms with Gasteiger partial charge in [-0.2, -0.15) is 4.31 Å². The predicted octanol–water partition coefficient (Wildman–Crippen LogP) is 2.91. The lowest BCUT2D eigenvalue weighted by atomic mass is 10.1. The first-order valence-corrected chi connectivity index (χ1v) is 9.39. The second-order valence-corrected chi connectivity index (χ2v) is 7.72. The number of hydrogen-bond donors (Lipinski definition) is 1. The number of amides is 1. The van der Waals surface area contributed by atoms with E-state index in [1.54, 1.807) is 6.92 Å². The maximum atomic E-state index is 13.1. The van der Waals surface area contributed by atoms with E-state index in [1.807, 2.05) is 0 Å². The van der Waals surface area contributed by atoms with Crippen LogP contribution < -0.4 is 5.32 Å². The molecule has 0 aliphatic rings. The van der Waals surface area contributed by atoms with Crippen molar-refractivity contribution >= 4 is 15.9 Å². The SMILES string of the molecule is C[C@@H](c1ccc(F)cc1)N(C)S(=O)(=O)c1cccc(C(=O)NCCF)c1. The van der Waals surface area contributed by atoms with Crippen LogP contribution in [0, 0.1) is 5.82 Å². The third kappa shape index (κ3) is 4.44. The van der Waals surface area contributed by atoms with Gasteiger partial charge in [-0.05, 0) is 42.8 Å². The molecule has 2 rings (SSSR count). The maximum absolute atomic E-state index is 13.1. The second-order valence-electron chi connectivity index (χ2n) is 5.72. The average molecular weight is 382 g/mol. The summed E-state index contributed by atoms with van der Waals surface area (Å²) in [5.41, 5.74) is 0.761. The fraction of sp³-hybridized carbons (Fsp3) is 0.278. The van der Waals surface area contributed by atoms with Gasteiger partial charge in [0.25, 0.3) is 5.91 Å². The van der Waals surface area contributed by atoms with E-state index >= 15 is 0 Å². The van der Waals surface area contributed by atoms with Crippen molar-refractivity contribution in [2.24, 2.45) is 0 Å². The molecule has 0 aromatic heterocycles. The Hall–Kier alpha value is -2.32. The van der Waals surface area contributed by atoms with Crippen LogP contribution in [-0.2, 0) is 10.0 Å². The number of nitrogens with zero attached hydrogens (tertiary/aromatic N) is 1. The summed E-state index contributed by atoms with van der Waals surface area (Å²) in [7, 11) is -2.47. The highest BCUT2D eigenvalue weighted by atomic mass is 32.2. The van der Waals surface area contributed by atoms with E-state index in [0.29, 0.717) is 5.56 Å². The number of halogens is 2. The standard InChI is InChI=1S/C18H20F2N2O3S/c1-13(14-6-8-16(20)9-7-14)22(2)26(24,25)17-5-3-4-15(12-17)18(23)21-11-10-19/h3-9,12-13H,10-11H2,1-2H3,(H,21,23)/t13-/m0/s1. The minimum absolute atomic E-state index is 0.0538. The monoisotopic (exact) mass is 382 g/mol. The molecule has 2 aromatic carbocycles. The van der Waals surface area contributed by atoms with Crippen molar-refractivity contribution in [3.8, 4) is 0 Å². The number of alkyl halides is 1. The number of carbonyl (C=O) groups is 1. The van der Waals surface area contributed by atoms with Gasteiger partial charge in [-0.25, -0.2) is 17.2 Å². The van der Waals surface area contributed by atoms with E-state index in [4.69, 9.17) is 0 Å². The summed E-state index contributed by atoms with van der Waals surface area (Å²) in [4.78, 5) is 11.9. The smallest absolute Gasteiger partial charge is 0.251 e. The lowest BCUT2D eigenvalue weighted by Crippen LogP contribution is -2.30. The molecule has 0 aliphatic heterocycles. The first-order chi connectivity index (χ1) is 12.3. The first-order valence-electron chi connectivity index (χ1n) is 7.95. The molecular formula is C18H20F2N2O3S. The zero-order chi connectivity index (χ0) is 19.3. The van der Waals surface area contributed by atoms with Gasteiger partial charge in [0.1, 0.15) is 12.5 Å². The molecule has 1 N–H and O–H groups in total. The summed E-state index contributed by atoms with van der Waals surface area (Å²) < 4.78 is 52.1. The zero-order valence-corrected chi connectivity index (χ0v) is 15.3. The van der Waals surface area contributed by atoms with Crippen molar-refractivity contribution in [2.45, 2.75) is 17.9 Å². The summed E-state index contributed by atoms with van der Waals surface area (Å²) in [5.74, 6) is -0.951. The van der Waals surface area contributed by atoms with E-state index in [-0.39, 0.29) is 17.0 Å². The highest BCUT2D eigenvalue weighted by molar-refractivity contribution is 7.89. The normalized spacial score (nSPS) is 12.8. The molecule has 0 fully saturated rings. The summed E-state index contributed by atoms with van der Waals surface area (Å²) in [6.07, 6.45) is 0. The van der Waals surface area contributed by atoms with E-state index in [2.05, 4.69) is 5.32 Å². The molecule has 0 bridgehead atoms. The van der Waals surface area contributed by atoms with Gasteiger partial charge in [-0.1, -0.05) is 18.2 Å². The third-order valence-electron chi connectivity index (χ3n) is 4.05. The Morgan fingerprint density at radius 1 is 1.19 bits per heavy atom. The van der Waals surface area contributed by atoms with Crippen molar-refractivity contribution in [2.75, 3.05) is 20.3 Å². The molecule has 0 saturated heterocycles. The van der Waals surface area contributed by atoms with Crippen molar-refractivity contribution in [3.63, 3.8) is 0 Å². The molecule has 0 spiro atoms. The first kappa shape index (κ1) is 20.0. The lowest BCUT2D eigenvalue weighted by molar-refractivity contribution is 0.0950. The Balaban J connectivity index is 2.28. The topological polar surface area (TPSA) is 66.5 Å². The van der Waals surface area contributed by atoms with Gasteiger partial charge in [0, 0.05) is 25.2 Å². The van der Waals surface area contributed by atoms with Gasteiger partial charge in [0.15, 0.2) is 0 Å². The molecule has 0 radical (unpaired) electrons. The van der Waals surface area contributed by atoms with Gasteiger partial charge in [0.2, 0.25) is 10.0 Å². The van der Waals surface area contributed by atoms with E-state index in [9.17, 15) is 22.0 Å². The van der Waals surface area contributed by atoms with Crippen LogP contribution in [0.1, 0.15) is 28.9 Å². The van der Waals surface area contributed by atoms with Crippen molar-refractivity contribution in [3.05, 3.63) is 65.5 Å². The van der Waals surface area contributed by atoms with Gasteiger partial charge in [-0.3, -0.25) is 4.79 Å². The molecule has 1 atom stereocenters. The van der Waals surface area contributed by atoms with Crippen LogP contribution in [-0.4, -0.2) is 38.9 Å². The molecule has 0 saturated carbocycles. The van der Waals surface area contributed by atoms with Crippen LogP contribution >= 0.6 is 0 Å². The second kappa shape index (κ2) is 8.37. The Bertz CT molecular complexity index is 870. The summed E-state index contributed by atoms with van der Waals surface area (Å²) in [5, 5.41) is 2.35. The summed E-state index contributed by atoms with van der Waals surface area (Å²) in [6.45, 7) is 0.835. The van der Waals surface area contributed by atoms with E-state index in [0.717, 1.165) is 4.31 Å². The van der Waals surface area contributed by atoms with Crippen LogP contribution in [0.4, 0.5) is 8.78 Å². The quantitative estimate of drug-likeness (QED) is 0.801. The number of carbonyl (C=O) groups excluding carboxylic acids is 1. The van der Waals surface area contributed by atoms with Crippen LogP contribution in [0.25, 0.3) is 0 Å². The van der Waals surface area contributed by atoms with Crippen molar-refractivity contribution < 1.29 is 22.0 Å². The van der Waals surface area contributed by atoms with Crippen LogP contribution in [0.15, 0.2) is 53.4 Å². The minimum atomic E-state index is -3.89. The number of hydrogen-bond acceptors (Lipinski definition) is 3. The Morgan fingerprint density at radius 3 is 2.46 bits per heavy atom. The van der Waals surface area contributed by atoms with Crippen molar-refractivity contribution in [1.29, 1.82) is 0 Å². The summed E-state index contributed by atoms with van der Waals surface area (Å²) >= 11 is 0. The molecule has 0 heterocycles. The molecule has 2 aromatic rings. The average Bonchev–Trinajstić information content (AvgIpc) is 2.65. The number of sulfonamides is 1. The van der Waals surface area contributed by atoms with Crippen LogP contribution in [0.2, 0.25) is 0 Å². The molecule has 140 valence electrons. The highest BCUT2D eigenvalue weighted by Crippen LogP contribution is 2.26. The largest absolute Gasteiger partial charge is 0.349 e. The number of benzene rings is 2. The molecule has 8 heteroatoms.